The van der Waals surface area contributed by atoms with Crippen molar-refractivity contribution in [2.24, 2.45) is 5.92 Å². The molecule has 5 aliphatic carbocycles. The van der Waals surface area contributed by atoms with Crippen molar-refractivity contribution in [1.29, 1.82) is 0 Å². The first-order valence-electron chi connectivity index (χ1n) is 52.0. The third kappa shape index (κ3) is 12.9. The number of allylic oxidation sites excluding steroid dienone is 7. The maximum Gasteiger partial charge on any atom is 0.135 e. The molecule has 148 heavy (non-hydrogen) atoms. The van der Waals surface area contributed by atoms with Gasteiger partial charge in [0.15, 0.2) is 0 Å². The molecular weight excluding hydrogens is 1810 g/mol. The molecule has 2 spiro atoms. The number of aryl methyl sites for hydroxylation is 1. The summed E-state index contributed by atoms with van der Waals surface area (Å²) in [6, 6.07) is 181. The van der Waals surface area contributed by atoms with E-state index in [1.54, 1.807) is 0 Å². The van der Waals surface area contributed by atoms with E-state index in [1.807, 2.05) is 17.4 Å². The topological polar surface area (TPSA) is 26.1 Å². The van der Waals surface area contributed by atoms with Crippen LogP contribution in [0.3, 0.4) is 0 Å². The van der Waals surface area contributed by atoms with Gasteiger partial charge in [-0.2, -0.15) is 0 Å². The number of hydrogen-bond acceptors (Lipinski definition) is 6. The molecule has 1 atom stereocenters. The summed E-state index contributed by atoms with van der Waals surface area (Å²) in [5.41, 5.74) is 49.3. The van der Waals surface area contributed by atoms with E-state index in [-0.39, 0.29) is 0 Å². The first-order valence-corrected chi connectivity index (χ1v) is 52.8. The average Bonchev–Trinajstić information content (AvgIpc) is 1.51. The highest BCUT2D eigenvalue weighted by atomic mass is 32.1. The van der Waals surface area contributed by atoms with Gasteiger partial charge in [-0.1, -0.05) is 388 Å². The maximum absolute atomic E-state index is 6.38. The van der Waals surface area contributed by atoms with Crippen molar-refractivity contribution in [2.45, 2.75) is 42.9 Å². The molecule has 6 heteroatoms. The Bertz CT molecular complexity index is 9480. The second-order valence-corrected chi connectivity index (χ2v) is 41.4. The normalized spacial score (nSPS) is 14.8. The van der Waals surface area contributed by atoms with Gasteiger partial charge in [-0.3, -0.25) is 0 Å². The molecule has 21 aromatic carbocycles. The van der Waals surface area contributed by atoms with Gasteiger partial charge in [0.2, 0.25) is 0 Å². The molecule has 0 radical (unpaired) electrons. The van der Waals surface area contributed by atoms with Gasteiger partial charge in [0, 0.05) is 75.9 Å². The molecule has 4 heterocycles. The molecule has 23 aromatic rings. The zero-order valence-electron chi connectivity index (χ0n) is 81.3. The minimum Gasteiger partial charge on any atom is -0.456 e. The van der Waals surface area contributed by atoms with Crippen molar-refractivity contribution in [2.75, 3.05) is 19.6 Å². The Kier molecular flexibility index (Phi) is 19.8. The van der Waals surface area contributed by atoms with E-state index < -0.39 is 10.8 Å². The number of nitrogens with zero attached hydrogens (tertiary/aromatic N) is 4. The van der Waals surface area contributed by atoms with Crippen LogP contribution < -0.4 is 19.6 Å². The first-order chi connectivity index (χ1) is 73.5. The Morgan fingerprint density at radius 3 is 1.34 bits per heavy atom. The summed E-state index contributed by atoms with van der Waals surface area (Å²) in [7, 11) is 0. The molecule has 7 aliphatic rings. The molecule has 2 aliphatic heterocycles. The van der Waals surface area contributed by atoms with Gasteiger partial charge >= 0.3 is 0 Å². The second kappa shape index (κ2) is 34.3. The number of rotatable bonds is 15. The van der Waals surface area contributed by atoms with Crippen molar-refractivity contribution < 1.29 is 4.42 Å². The van der Waals surface area contributed by atoms with Gasteiger partial charge in [0.1, 0.15) is 11.2 Å². The molecule has 696 valence electrons. The van der Waals surface area contributed by atoms with E-state index in [2.05, 4.69) is 529 Å². The van der Waals surface area contributed by atoms with Gasteiger partial charge < -0.3 is 24.0 Å². The van der Waals surface area contributed by atoms with Crippen LogP contribution in [0.1, 0.15) is 86.9 Å². The number of furan rings is 1. The van der Waals surface area contributed by atoms with Gasteiger partial charge in [-0.25, -0.2) is 0 Å². The molecule has 30 rings (SSSR count). The fourth-order valence-corrected chi connectivity index (χ4v) is 27.8. The standard InChI is InChI=1S/C142H96N4OS/c1-2-41-98(42-3-1)145-129-69-25-19-61-121(129)141(122-62-20-26-70-130(122)145)119-59-17-12-53-115(119)138-125(141)65-34-74-134(138)144(128-68-24-15-51-112(128)110-49-11-9-47-108(110)106-57-32-39-93-37-5-7-45-103(93)106)100-84-78-94(79-85-100)104-55-33-58-114-118-90-97(81-87-137(118)148-140(104)114)95-40-30-43-101(88-95)146-131-71-27-21-63-123(131)142(124-64-22-28-72-132(124)146)120-60-18-13-54-116(120)139-126(142)66-35-73-133(139)143(99-82-76-91(77-83-99)96-80-86-136-117(89-96)113-52-16-29-75-135(113)147-136)127-67-23-14-50-111(127)109-48-10-8-46-107(109)105-56-31-38-92-36-4-6-44-102(92)105/h1-3,6-35,39-90,92H,4-5,36-38H2. The van der Waals surface area contributed by atoms with E-state index in [1.165, 1.54) is 154 Å². The first kappa shape index (κ1) is 85.4. The number of hydrogen-bond donors (Lipinski definition) is 0. The van der Waals surface area contributed by atoms with Crippen LogP contribution >= 0.6 is 11.3 Å². The Balaban J connectivity index is 0.530. The summed E-state index contributed by atoms with van der Waals surface area (Å²) in [5.74, 6) is 0.500. The van der Waals surface area contributed by atoms with Crippen LogP contribution in [0, 0.1) is 5.92 Å². The predicted molar refractivity (Wildman–Crippen MR) is 620 cm³/mol. The van der Waals surface area contributed by atoms with Gasteiger partial charge in [-0.15, -0.1) is 11.3 Å². The minimum atomic E-state index is -0.746. The van der Waals surface area contributed by atoms with Crippen LogP contribution in [0.2, 0.25) is 0 Å². The van der Waals surface area contributed by atoms with Crippen molar-refractivity contribution in [3.63, 3.8) is 0 Å². The van der Waals surface area contributed by atoms with Gasteiger partial charge in [-0.05, 0) is 305 Å². The molecule has 0 bridgehead atoms. The number of anilines is 12. The van der Waals surface area contributed by atoms with Crippen molar-refractivity contribution >= 4 is 133 Å². The maximum atomic E-state index is 6.38. The number of benzene rings is 21. The summed E-state index contributed by atoms with van der Waals surface area (Å²) < 4.78 is 8.89. The lowest BCUT2D eigenvalue weighted by Crippen LogP contribution is -2.36. The van der Waals surface area contributed by atoms with E-state index in [0.717, 1.165) is 150 Å². The smallest absolute Gasteiger partial charge is 0.135 e. The molecule has 0 saturated heterocycles. The molecule has 1 unspecified atom stereocenters. The monoisotopic (exact) mass is 1900 g/mol. The summed E-state index contributed by atoms with van der Waals surface area (Å²) in [6.45, 7) is 0. The minimum absolute atomic E-state index is 0.500. The fourth-order valence-electron chi connectivity index (χ4n) is 26.6. The lowest BCUT2D eigenvalue weighted by atomic mass is 9.64. The Hall–Kier alpha value is -18.2. The van der Waals surface area contributed by atoms with Crippen molar-refractivity contribution in [1.82, 2.24) is 0 Å². The predicted octanol–water partition coefficient (Wildman–Crippen LogP) is 38.8. The second-order valence-electron chi connectivity index (χ2n) is 40.3. The van der Waals surface area contributed by atoms with E-state index in [0.29, 0.717) is 5.92 Å². The number of thiophene rings is 1. The van der Waals surface area contributed by atoms with Crippen LogP contribution in [0.15, 0.2) is 520 Å². The molecule has 5 nitrogen and oxygen atoms in total. The van der Waals surface area contributed by atoms with E-state index in [9.17, 15) is 0 Å². The van der Waals surface area contributed by atoms with Crippen LogP contribution in [-0.2, 0) is 17.3 Å². The highest BCUT2D eigenvalue weighted by Crippen LogP contribution is 2.69. The van der Waals surface area contributed by atoms with Crippen molar-refractivity contribution in [3.05, 3.63) is 576 Å². The van der Waals surface area contributed by atoms with Crippen LogP contribution in [-0.4, -0.2) is 0 Å². The molecule has 0 saturated carbocycles. The number of para-hydroxylation sites is 8. The summed E-state index contributed by atoms with van der Waals surface area (Å²) in [6.07, 6.45) is 19.7. The Morgan fingerprint density at radius 1 is 0.270 bits per heavy atom. The quantitative estimate of drug-likeness (QED) is 0.102. The lowest BCUT2D eigenvalue weighted by Gasteiger charge is -2.45. The van der Waals surface area contributed by atoms with Crippen LogP contribution in [0.5, 0.6) is 0 Å². The highest BCUT2D eigenvalue weighted by molar-refractivity contribution is 7.26. The zero-order chi connectivity index (χ0) is 97.2. The third-order valence-electron chi connectivity index (χ3n) is 32.8. The number of fused-ring (bicyclic) bond motifs is 26. The summed E-state index contributed by atoms with van der Waals surface area (Å²) in [5, 5.41) is 4.71. The van der Waals surface area contributed by atoms with Crippen LogP contribution in [0.4, 0.5) is 68.2 Å². The van der Waals surface area contributed by atoms with Gasteiger partial charge in [0.05, 0.1) is 56.3 Å². The SMILES string of the molecule is C1=Cc2c(cccc2-c2ccccc2-c2ccccc2N(c2ccc(-c3cccc4c3sc3ccc(-c5cccc(N6c7ccccc7C7(c8ccccc8-c8c(N(c9ccc(-c%10ccc%11oc%12ccccc%12c%11c%10)cc9)c9ccccc9-c9ccccc9C9=C%10C=CCCC%10CC=C9)cccc87)c7ccccc76)c5)cc34)cc2)c2cccc3c2-c2ccccc2C32c3ccccc3N(c3ccccc3)c3ccccc32)CC1. The average molecular weight is 1910 g/mol. The van der Waals surface area contributed by atoms with E-state index >= 15 is 0 Å². The molecular formula is C142H96N4OS. The summed E-state index contributed by atoms with van der Waals surface area (Å²) >= 11 is 1.89. The summed E-state index contributed by atoms with van der Waals surface area (Å²) in [4.78, 5) is 10.2. The third-order valence-corrected chi connectivity index (χ3v) is 34.0. The molecule has 2 aromatic heterocycles. The van der Waals surface area contributed by atoms with Crippen molar-refractivity contribution in [3.8, 4) is 89.0 Å². The molecule has 0 N–H and O–H groups in total. The van der Waals surface area contributed by atoms with Gasteiger partial charge in [0.25, 0.3) is 0 Å². The molecule has 0 amide bonds. The van der Waals surface area contributed by atoms with Crippen LogP contribution in [0.25, 0.3) is 143 Å². The fraction of sp³-hybridized carbons (Fsp3) is 0.0563. The largest absolute Gasteiger partial charge is 0.456 e. The molecule has 0 fully saturated rings. The highest BCUT2D eigenvalue weighted by Gasteiger charge is 2.55. The lowest BCUT2D eigenvalue weighted by molar-refractivity contribution is 0.568. The Labute approximate surface area is 865 Å². The van der Waals surface area contributed by atoms with E-state index in [4.69, 9.17) is 4.42 Å². The zero-order valence-corrected chi connectivity index (χ0v) is 82.1. The Morgan fingerprint density at radius 2 is 0.703 bits per heavy atom.